The summed E-state index contributed by atoms with van der Waals surface area (Å²) in [6, 6.07) is 14.6. The van der Waals surface area contributed by atoms with Crippen LogP contribution >= 0.6 is 0 Å². The first-order chi connectivity index (χ1) is 15.9. The molecule has 0 saturated carbocycles. The van der Waals surface area contributed by atoms with Crippen LogP contribution in [-0.2, 0) is 24.3 Å². The number of hydrazine groups is 1. The maximum Gasteiger partial charge on any atom is 0.269 e. The molecule has 2 fully saturated rings. The third-order valence-electron chi connectivity index (χ3n) is 5.57. The zero-order valence-electron chi connectivity index (χ0n) is 17.8. The van der Waals surface area contributed by atoms with Gasteiger partial charge in [-0.15, -0.1) is 0 Å². The van der Waals surface area contributed by atoms with Gasteiger partial charge in [-0.1, -0.05) is 24.3 Å². The normalized spacial score (nSPS) is 19.3. The lowest BCUT2D eigenvalue weighted by Gasteiger charge is -2.26. The Hall–Kier alpha value is -3.28. The van der Waals surface area contributed by atoms with Crippen molar-refractivity contribution < 1.29 is 27.5 Å². The van der Waals surface area contributed by atoms with Crippen LogP contribution in [0.2, 0.25) is 0 Å². The maximum absolute atomic E-state index is 12.8. The summed E-state index contributed by atoms with van der Waals surface area (Å²) in [5.41, 5.74) is 5.44. The third kappa shape index (κ3) is 5.05. The summed E-state index contributed by atoms with van der Waals surface area (Å²) in [6.45, 7) is 1.33. The molecule has 11 heteroatoms. The molecule has 2 saturated heterocycles. The first-order valence-corrected chi connectivity index (χ1v) is 11.9. The maximum atomic E-state index is 12.8. The van der Waals surface area contributed by atoms with Crippen molar-refractivity contribution in [1.29, 1.82) is 0 Å². The predicted molar refractivity (Wildman–Crippen MR) is 119 cm³/mol. The van der Waals surface area contributed by atoms with E-state index in [9.17, 15) is 22.8 Å². The van der Waals surface area contributed by atoms with Gasteiger partial charge in [-0.2, -0.15) is 4.31 Å². The molecule has 4 rings (SSSR count). The summed E-state index contributed by atoms with van der Waals surface area (Å²) in [6.07, 6.45) is 0.0316. The Balaban J connectivity index is 1.37. The lowest BCUT2D eigenvalue weighted by Crippen LogP contribution is -2.45. The number of rotatable bonds is 5. The van der Waals surface area contributed by atoms with Gasteiger partial charge in [0.1, 0.15) is 0 Å². The molecule has 1 atom stereocenters. The molecule has 10 nitrogen and oxygen atoms in total. The number of nitrogens with one attached hydrogen (secondary N) is 2. The summed E-state index contributed by atoms with van der Waals surface area (Å²) in [7, 11) is -3.76. The van der Waals surface area contributed by atoms with Gasteiger partial charge in [-0.25, -0.2) is 8.42 Å². The molecule has 0 aliphatic carbocycles. The van der Waals surface area contributed by atoms with Crippen molar-refractivity contribution in [2.45, 2.75) is 11.3 Å². The van der Waals surface area contributed by atoms with Gasteiger partial charge in [-0.05, 0) is 30.3 Å². The number of nitrogens with zero attached hydrogens (tertiary/aromatic N) is 2. The van der Waals surface area contributed by atoms with Crippen molar-refractivity contribution in [3.8, 4) is 0 Å². The van der Waals surface area contributed by atoms with Gasteiger partial charge < -0.3 is 9.64 Å². The van der Waals surface area contributed by atoms with Gasteiger partial charge in [0.25, 0.3) is 5.91 Å². The molecular weight excluding hydrogens is 448 g/mol. The molecule has 2 heterocycles. The van der Waals surface area contributed by atoms with Crippen LogP contribution in [-0.4, -0.2) is 63.3 Å². The minimum absolute atomic E-state index is 0.0109. The van der Waals surface area contributed by atoms with Crippen LogP contribution in [0.25, 0.3) is 0 Å². The van der Waals surface area contributed by atoms with E-state index < -0.39 is 27.8 Å². The monoisotopic (exact) mass is 472 g/mol. The highest BCUT2D eigenvalue weighted by atomic mass is 32.2. The van der Waals surface area contributed by atoms with Crippen LogP contribution in [0, 0.1) is 5.92 Å². The Morgan fingerprint density at radius 1 is 0.970 bits per heavy atom. The summed E-state index contributed by atoms with van der Waals surface area (Å²) in [5, 5.41) is 0. The number of sulfonamides is 1. The van der Waals surface area contributed by atoms with E-state index in [2.05, 4.69) is 10.9 Å². The molecule has 2 aliphatic rings. The lowest BCUT2D eigenvalue weighted by atomic mass is 10.1. The molecular formula is C22H24N4O6S. The van der Waals surface area contributed by atoms with E-state index in [1.165, 1.54) is 33.5 Å². The highest BCUT2D eigenvalue weighted by Gasteiger charge is 2.35. The minimum Gasteiger partial charge on any atom is -0.379 e. The van der Waals surface area contributed by atoms with Crippen molar-refractivity contribution in [2.24, 2.45) is 5.92 Å². The third-order valence-corrected chi connectivity index (χ3v) is 7.46. The van der Waals surface area contributed by atoms with Gasteiger partial charge in [0.2, 0.25) is 21.8 Å². The molecule has 2 N–H and O–H groups in total. The van der Waals surface area contributed by atoms with Crippen LogP contribution in [0.15, 0.2) is 59.5 Å². The predicted octanol–water partition coefficient (Wildman–Crippen LogP) is 0.522. The van der Waals surface area contributed by atoms with E-state index in [0.29, 0.717) is 18.9 Å². The lowest BCUT2D eigenvalue weighted by molar-refractivity contribution is -0.126. The van der Waals surface area contributed by atoms with Crippen molar-refractivity contribution in [3.63, 3.8) is 0 Å². The fraction of sp³-hybridized carbons (Fsp3) is 0.318. The smallest absolute Gasteiger partial charge is 0.269 e. The Morgan fingerprint density at radius 3 is 2.42 bits per heavy atom. The summed E-state index contributed by atoms with van der Waals surface area (Å²) in [4.78, 5) is 38.9. The Bertz CT molecular complexity index is 1150. The van der Waals surface area contributed by atoms with Crippen molar-refractivity contribution >= 4 is 33.4 Å². The van der Waals surface area contributed by atoms with Gasteiger partial charge in [0.05, 0.1) is 24.0 Å². The van der Waals surface area contributed by atoms with Gasteiger partial charge in [0.15, 0.2) is 0 Å². The molecule has 2 aromatic rings. The van der Waals surface area contributed by atoms with E-state index in [0.717, 1.165) is 0 Å². The van der Waals surface area contributed by atoms with E-state index in [4.69, 9.17) is 4.74 Å². The number of morpholine rings is 1. The molecule has 1 unspecified atom stereocenters. The Labute approximate surface area is 191 Å². The van der Waals surface area contributed by atoms with Crippen molar-refractivity contribution in [1.82, 2.24) is 15.2 Å². The van der Waals surface area contributed by atoms with Gasteiger partial charge in [0, 0.05) is 37.3 Å². The zero-order valence-corrected chi connectivity index (χ0v) is 18.6. The first kappa shape index (κ1) is 22.9. The second-order valence-corrected chi connectivity index (χ2v) is 9.67. The largest absolute Gasteiger partial charge is 0.379 e. The molecule has 0 spiro atoms. The van der Waals surface area contributed by atoms with E-state index >= 15 is 0 Å². The number of benzene rings is 2. The van der Waals surface area contributed by atoms with Crippen molar-refractivity contribution in [3.05, 3.63) is 60.2 Å². The van der Waals surface area contributed by atoms with Gasteiger partial charge >= 0.3 is 0 Å². The van der Waals surface area contributed by atoms with E-state index in [-0.39, 0.29) is 42.4 Å². The Kier molecular flexibility index (Phi) is 6.72. The average molecular weight is 473 g/mol. The molecule has 3 amide bonds. The van der Waals surface area contributed by atoms with Crippen LogP contribution in [0.5, 0.6) is 0 Å². The topological polar surface area (TPSA) is 125 Å². The van der Waals surface area contributed by atoms with Crippen LogP contribution < -0.4 is 15.8 Å². The van der Waals surface area contributed by atoms with Crippen LogP contribution in [0.3, 0.4) is 0 Å². The number of hydrogen-bond donors (Lipinski definition) is 2. The summed E-state index contributed by atoms with van der Waals surface area (Å²) in [5.74, 6) is -1.95. The fourth-order valence-electron chi connectivity index (χ4n) is 3.77. The number of anilines is 1. The zero-order chi connectivity index (χ0) is 23.4. The summed E-state index contributed by atoms with van der Waals surface area (Å²) >= 11 is 0. The number of amides is 3. The first-order valence-electron chi connectivity index (χ1n) is 10.5. The molecule has 0 radical (unpaired) electrons. The van der Waals surface area contributed by atoms with Crippen molar-refractivity contribution in [2.75, 3.05) is 37.7 Å². The SMILES string of the molecule is O=C(NNC(=O)C1CC(=O)N(c2ccccc2)C1)c1cccc(S(=O)(=O)N2CCOCC2)c1. The standard InChI is InChI=1S/C22H24N4O6S/c27-20-14-17(15-26(20)18-6-2-1-3-7-18)22(29)24-23-21(28)16-5-4-8-19(13-16)33(30,31)25-9-11-32-12-10-25/h1-8,13,17H,9-12,14-15H2,(H,23,28)(H,24,29). The minimum atomic E-state index is -3.76. The summed E-state index contributed by atoms with van der Waals surface area (Å²) < 4.78 is 32.1. The van der Waals surface area contributed by atoms with Crippen LogP contribution in [0.4, 0.5) is 5.69 Å². The molecule has 0 aromatic heterocycles. The molecule has 2 aromatic carbocycles. The second-order valence-electron chi connectivity index (χ2n) is 7.73. The van der Waals surface area contributed by atoms with Crippen LogP contribution in [0.1, 0.15) is 16.8 Å². The molecule has 33 heavy (non-hydrogen) atoms. The highest BCUT2D eigenvalue weighted by Crippen LogP contribution is 2.24. The van der Waals surface area contributed by atoms with E-state index in [1.807, 2.05) is 18.2 Å². The molecule has 174 valence electrons. The van der Waals surface area contributed by atoms with E-state index in [1.54, 1.807) is 12.1 Å². The molecule has 2 aliphatic heterocycles. The number of ether oxygens (including phenoxy) is 1. The number of carbonyl (C=O) groups excluding carboxylic acids is 3. The number of hydrogen-bond acceptors (Lipinski definition) is 6. The average Bonchev–Trinajstić information content (AvgIpc) is 3.25. The quantitative estimate of drug-likeness (QED) is 0.612. The number of carbonyl (C=O) groups is 3. The highest BCUT2D eigenvalue weighted by molar-refractivity contribution is 7.89. The second kappa shape index (κ2) is 9.69. The van der Waals surface area contributed by atoms with Gasteiger partial charge in [-0.3, -0.25) is 25.2 Å². The fourth-order valence-corrected chi connectivity index (χ4v) is 5.22. The molecule has 0 bridgehead atoms. The Morgan fingerprint density at radius 2 is 1.70 bits per heavy atom. The number of para-hydroxylation sites is 1.